The average molecular weight is 415 g/mol. The molecule has 1 amide bonds. The second-order valence-corrected chi connectivity index (χ2v) is 8.81. The Labute approximate surface area is 168 Å². The van der Waals surface area contributed by atoms with Crippen molar-refractivity contribution in [2.24, 2.45) is 0 Å². The van der Waals surface area contributed by atoms with Crippen LogP contribution in [0.5, 0.6) is 0 Å². The number of amides is 1. The molecule has 1 fully saturated rings. The van der Waals surface area contributed by atoms with Gasteiger partial charge in [-0.2, -0.15) is 0 Å². The molecule has 8 nitrogen and oxygen atoms in total. The number of aromatic nitrogens is 1. The monoisotopic (exact) mass is 415 g/mol. The van der Waals surface area contributed by atoms with E-state index in [0.29, 0.717) is 11.1 Å². The minimum atomic E-state index is -3.88. The van der Waals surface area contributed by atoms with Crippen molar-refractivity contribution in [1.29, 1.82) is 0 Å². The Bertz CT molecular complexity index is 1150. The number of carbonyl (C=O) groups is 1. The molecular weight excluding hydrogens is 394 g/mol. The van der Waals surface area contributed by atoms with Gasteiger partial charge in [-0.15, -0.1) is 0 Å². The molecule has 0 unspecified atom stereocenters. The van der Waals surface area contributed by atoms with Crippen molar-refractivity contribution in [3.8, 4) is 0 Å². The zero-order chi connectivity index (χ0) is 20.4. The minimum absolute atomic E-state index is 0.00811. The van der Waals surface area contributed by atoms with Crippen molar-refractivity contribution in [1.82, 2.24) is 10.5 Å². The van der Waals surface area contributed by atoms with Gasteiger partial charge in [0.15, 0.2) is 5.76 Å². The molecule has 2 heterocycles. The van der Waals surface area contributed by atoms with Crippen molar-refractivity contribution >= 4 is 32.6 Å². The van der Waals surface area contributed by atoms with E-state index in [9.17, 15) is 13.2 Å². The van der Waals surface area contributed by atoms with Crippen LogP contribution in [0.15, 0.2) is 51.9 Å². The third-order valence-corrected chi connectivity index (χ3v) is 6.57. The maximum Gasteiger partial charge on any atom is 0.310 e. The molecule has 29 heavy (non-hydrogen) atoms. The lowest BCUT2D eigenvalue weighted by atomic mass is 9.86. The summed E-state index contributed by atoms with van der Waals surface area (Å²) in [6.45, 7) is 0. The lowest BCUT2D eigenvalue weighted by Crippen LogP contribution is -2.17. The molecular formula is C20H21N3O5S. The van der Waals surface area contributed by atoms with Gasteiger partial charge >= 0.3 is 5.91 Å². The van der Waals surface area contributed by atoms with Gasteiger partial charge in [-0.05, 0) is 43.2 Å². The molecule has 2 aromatic heterocycles. The molecule has 0 aliphatic heterocycles. The van der Waals surface area contributed by atoms with E-state index in [-0.39, 0.29) is 22.2 Å². The number of benzene rings is 1. The standard InChI is InChI=1S/C20H21N3O5S/c24-20(22-25)18-11-14-8-9-15(12-17(14)28-18)29(26,27)23-16-7-4-10-21-19(16)13-5-2-1-3-6-13/h4,7-13,23,25H,1-3,5-6H2,(H,22,24). The average Bonchev–Trinajstić information content (AvgIpc) is 3.17. The Morgan fingerprint density at radius 1 is 1.14 bits per heavy atom. The van der Waals surface area contributed by atoms with Gasteiger partial charge in [-0.3, -0.25) is 19.7 Å². The van der Waals surface area contributed by atoms with E-state index in [4.69, 9.17) is 9.62 Å². The Morgan fingerprint density at radius 3 is 2.69 bits per heavy atom. The van der Waals surface area contributed by atoms with E-state index in [1.165, 1.54) is 30.1 Å². The second kappa shape index (κ2) is 7.84. The first-order chi connectivity index (χ1) is 14.0. The summed E-state index contributed by atoms with van der Waals surface area (Å²) in [6, 6.07) is 9.20. The number of anilines is 1. The molecule has 1 aromatic carbocycles. The summed E-state index contributed by atoms with van der Waals surface area (Å²) in [5.41, 5.74) is 2.97. The number of fused-ring (bicyclic) bond motifs is 1. The maximum atomic E-state index is 13.0. The molecule has 0 bridgehead atoms. The lowest BCUT2D eigenvalue weighted by molar-refractivity contribution is 0.0678. The Kier molecular flexibility index (Phi) is 5.25. The molecule has 0 radical (unpaired) electrons. The van der Waals surface area contributed by atoms with E-state index >= 15 is 0 Å². The van der Waals surface area contributed by atoms with Crippen LogP contribution in [-0.2, 0) is 10.0 Å². The lowest BCUT2D eigenvalue weighted by Gasteiger charge is -2.23. The molecule has 0 atom stereocenters. The summed E-state index contributed by atoms with van der Waals surface area (Å²) < 4.78 is 34.0. The highest BCUT2D eigenvalue weighted by Crippen LogP contribution is 2.35. The summed E-state index contributed by atoms with van der Waals surface area (Å²) in [5.74, 6) is -0.678. The SMILES string of the molecule is O=C(NO)c1cc2ccc(S(=O)(=O)Nc3cccnc3C3CCCCC3)cc2o1. The highest BCUT2D eigenvalue weighted by atomic mass is 32.2. The Hall–Kier alpha value is -2.91. The number of rotatable bonds is 5. The van der Waals surface area contributed by atoms with Crippen LogP contribution in [0, 0.1) is 0 Å². The fourth-order valence-corrected chi connectivity index (χ4v) is 4.84. The quantitative estimate of drug-likeness (QED) is 0.430. The molecule has 1 saturated carbocycles. The number of hydroxylamine groups is 1. The highest BCUT2D eigenvalue weighted by Gasteiger charge is 2.23. The van der Waals surface area contributed by atoms with Gasteiger partial charge in [0.2, 0.25) is 0 Å². The van der Waals surface area contributed by atoms with Crippen LogP contribution < -0.4 is 10.2 Å². The van der Waals surface area contributed by atoms with Gasteiger partial charge in [0, 0.05) is 23.6 Å². The van der Waals surface area contributed by atoms with Crippen LogP contribution in [-0.4, -0.2) is 24.5 Å². The van der Waals surface area contributed by atoms with E-state index in [2.05, 4.69) is 9.71 Å². The molecule has 0 spiro atoms. The molecule has 3 N–H and O–H groups in total. The van der Waals surface area contributed by atoms with Gasteiger partial charge in [-0.25, -0.2) is 13.9 Å². The first-order valence-electron chi connectivity index (χ1n) is 9.44. The maximum absolute atomic E-state index is 13.0. The number of carbonyl (C=O) groups excluding carboxylic acids is 1. The van der Waals surface area contributed by atoms with Gasteiger partial charge in [-0.1, -0.05) is 19.3 Å². The van der Waals surface area contributed by atoms with E-state index < -0.39 is 15.9 Å². The van der Waals surface area contributed by atoms with Crippen molar-refractivity contribution in [2.75, 3.05) is 4.72 Å². The van der Waals surface area contributed by atoms with Crippen LogP contribution in [0.3, 0.4) is 0 Å². The normalized spacial score (nSPS) is 15.3. The van der Waals surface area contributed by atoms with Crippen LogP contribution >= 0.6 is 0 Å². The third-order valence-electron chi connectivity index (χ3n) is 5.20. The summed E-state index contributed by atoms with van der Waals surface area (Å²) in [7, 11) is -3.88. The molecule has 9 heteroatoms. The minimum Gasteiger partial charge on any atom is -0.451 e. The number of nitrogens with one attached hydrogen (secondary N) is 2. The number of hydrogen-bond acceptors (Lipinski definition) is 6. The Balaban J connectivity index is 1.65. The molecule has 3 aromatic rings. The molecule has 1 aliphatic carbocycles. The largest absolute Gasteiger partial charge is 0.451 e. The van der Waals surface area contributed by atoms with E-state index in [1.807, 2.05) is 0 Å². The van der Waals surface area contributed by atoms with Gasteiger partial charge in [0.05, 0.1) is 16.3 Å². The predicted octanol–water partition coefficient (Wildman–Crippen LogP) is 3.80. The van der Waals surface area contributed by atoms with Crippen LogP contribution in [0.25, 0.3) is 11.0 Å². The second-order valence-electron chi connectivity index (χ2n) is 7.13. The highest BCUT2D eigenvalue weighted by molar-refractivity contribution is 7.92. The summed E-state index contributed by atoms with van der Waals surface area (Å²) in [5, 5.41) is 9.27. The number of pyridine rings is 1. The molecule has 152 valence electrons. The number of nitrogens with zero attached hydrogens (tertiary/aromatic N) is 1. The zero-order valence-corrected chi connectivity index (χ0v) is 16.4. The van der Waals surface area contributed by atoms with Crippen LogP contribution in [0.4, 0.5) is 5.69 Å². The fraction of sp³-hybridized carbons (Fsp3) is 0.300. The summed E-state index contributed by atoms with van der Waals surface area (Å²) in [6.07, 6.45) is 7.12. The topological polar surface area (TPSA) is 122 Å². The van der Waals surface area contributed by atoms with Gasteiger partial charge in [0.1, 0.15) is 5.58 Å². The fourth-order valence-electron chi connectivity index (χ4n) is 3.75. The zero-order valence-electron chi connectivity index (χ0n) is 15.6. The third kappa shape index (κ3) is 3.96. The first kappa shape index (κ1) is 19.4. The van der Waals surface area contributed by atoms with Crippen molar-refractivity contribution in [2.45, 2.75) is 42.9 Å². The predicted molar refractivity (Wildman–Crippen MR) is 106 cm³/mol. The molecule has 4 rings (SSSR count). The first-order valence-corrected chi connectivity index (χ1v) is 10.9. The van der Waals surface area contributed by atoms with Gasteiger partial charge < -0.3 is 4.42 Å². The summed E-state index contributed by atoms with van der Waals surface area (Å²) >= 11 is 0. The van der Waals surface area contributed by atoms with E-state index in [1.54, 1.807) is 24.4 Å². The van der Waals surface area contributed by atoms with Gasteiger partial charge in [0.25, 0.3) is 10.0 Å². The van der Waals surface area contributed by atoms with E-state index in [0.717, 1.165) is 31.4 Å². The molecule has 0 saturated heterocycles. The number of hydrogen-bond donors (Lipinski definition) is 3. The number of sulfonamides is 1. The Morgan fingerprint density at radius 2 is 1.93 bits per heavy atom. The molecule has 1 aliphatic rings. The smallest absolute Gasteiger partial charge is 0.310 e. The number of furan rings is 1. The van der Waals surface area contributed by atoms with Crippen LogP contribution in [0.1, 0.15) is 54.3 Å². The van der Waals surface area contributed by atoms with Crippen LogP contribution in [0.2, 0.25) is 0 Å². The summed E-state index contributed by atoms with van der Waals surface area (Å²) in [4.78, 5) is 16.0. The van der Waals surface area contributed by atoms with Crippen molar-refractivity contribution in [3.63, 3.8) is 0 Å². The van der Waals surface area contributed by atoms with Crippen molar-refractivity contribution < 1.29 is 22.8 Å². The van der Waals surface area contributed by atoms with Crippen molar-refractivity contribution in [3.05, 3.63) is 54.0 Å².